The van der Waals surface area contributed by atoms with Crippen LogP contribution in [0.25, 0.3) is 22.6 Å². The summed E-state index contributed by atoms with van der Waals surface area (Å²) in [5.41, 5.74) is 9.97. The van der Waals surface area contributed by atoms with Crippen molar-refractivity contribution in [1.82, 2.24) is 19.9 Å². The Morgan fingerprint density at radius 3 is 2.94 bits per heavy atom. The van der Waals surface area contributed by atoms with Crippen LogP contribution in [0.2, 0.25) is 0 Å². The van der Waals surface area contributed by atoms with Gasteiger partial charge in [0.15, 0.2) is 5.65 Å². The Morgan fingerprint density at radius 2 is 2.09 bits per heavy atom. The van der Waals surface area contributed by atoms with Crippen molar-refractivity contribution >= 4 is 22.9 Å². The molecule has 0 spiro atoms. The number of nitrogens with zero attached hydrogens (tertiary/aromatic N) is 3. The quantitative estimate of drug-likeness (QED) is 0.484. The van der Waals surface area contributed by atoms with Gasteiger partial charge in [-0.1, -0.05) is 30.4 Å². The third-order valence-electron chi connectivity index (χ3n) is 7.06. The van der Waals surface area contributed by atoms with Crippen molar-refractivity contribution in [3.63, 3.8) is 0 Å². The number of imidazole rings is 1. The molecule has 1 saturated heterocycles. The van der Waals surface area contributed by atoms with Crippen molar-refractivity contribution in [3.8, 4) is 11.4 Å². The SMILES string of the molecule is NC(=O)O[C@@H]1[C@H](Nc2ccnc3nc(-c4cccc(CN5CCOCC5)c4)[nH]c23)[C@H]2C=C[C@@H]1C2. The van der Waals surface area contributed by atoms with E-state index in [2.05, 4.69) is 56.6 Å². The van der Waals surface area contributed by atoms with Gasteiger partial charge in [0.2, 0.25) is 0 Å². The van der Waals surface area contributed by atoms with Crippen LogP contribution in [-0.4, -0.2) is 64.4 Å². The summed E-state index contributed by atoms with van der Waals surface area (Å²) in [7, 11) is 0. The van der Waals surface area contributed by atoms with Gasteiger partial charge in [-0.15, -0.1) is 0 Å². The van der Waals surface area contributed by atoms with Gasteiger partial charge in [0.25, 0.3) is 0 Å². The Bertz CT molecular complexity index is 1230. The minimum Gasteiger partial charge on any atom is -0.444 e. The summed E-state index contributed by atoms with van der Waals surface area (Å²) in [5, 5.41) is 3.59. The third-order valence-corrected chi connectivity index (χ3v) is 7.06. The molecule has 1 amide bonds. The molecule has 2 aromatic heterocycles. The van der Waals surface area contributed by atoms with E-state index in [0.717, 1.165) is 61.9 Å². The predicted molar refractivity (Wildman–Crippen MR) is 128 cm³/mol. The molecular formula is C25H28N6O3. The first-order chi connectivity index (χ1) is 16.6. The number of benzene rings is 1. The summed E-state index contributed by atoms with van der Waals surface area (Å²) < 4.78 is 10.9. The van der Waals surface area contributed by atoms with Gasteiger partial charge in [-0.2, -0.15) is 0 Å². The molecular weight excluding hydrogens is 432 g/mol. The van der Waals surface area contributed by atoms with E-state index in [1.807, 2.05) is 6.07 Å². The monoisotopic (exact) mass is 460 g/mol. The van der Waals surface area contributed by atoms with Crippen molar-refractivity contribution in [2.75, 3.05) is 31.6 Å². The lowest BCUT2D eigenvalue weighted by Crippen LogP contribution is -2.41. The molecule has 3 aromatic rings. The van der Waals surface area contributed by atoms with Gasteiger partial charge < -0.3 is 25.5 Å². The fraction of sp³-hybridized carbons (Fsp3) is 0.400. The van der Waals surface area contributed by atoms with Crippen LogP contribution in [-0.2, 0) is 16.0 Å². The second kappa shape index (κ2) is 8.73. The molecule has 9 heteroatoms. The number of hydrogen-bond donors (Lipinski definition) is 3. The summed E-state index contributed by atoms with van der Waals surface area (Å²) in [6, 6.07) is 10.3. The Hall–Kier alpha value is -3.43. The number of morpholine rings is 1. The molecule has 6 rings (SSSR count). The number of aromatic nitrogens is 3. The van der Waals surface area contributed by atoms with Crippen LogP contribution in [0.5, 0.6) is 0 Å². The number of carbonyl (C=O) groups excluding carboxylic acids is 1. The topological polar surface area (TPSA) is 118 Å². The molecule has 34 heavy (non-hydrogen) atoms. The number of primary amides is 1. The number of nitrogens with one attached hydrogen (secondary N) is 2. The van der Waals surface area contributed by atoms with E-state index in [0.29, 0.717) is 5.65 Å². The number of rotatable bonds is 6. The lowest BCUT2D eigenvalue weighted by atomic mass is 9.98. The van der Waals surface area contributed by atoms with Crippen molar-refractivity contribution in [2.24, 2.45) is 17.6 Å². The number of fused-ring (bicyclic) bond motifs is 3. The maximum Gasteiger partial charge on any atom is 0.404 e. The van der Waals surface area contributed by atoms with Gasteiger partial charge in [0, 0.05) is 43.2 Å². The number of amides is 1. The van der Waals surface area contributed by atoms with E-state index in [1.165, 1.54) is 5.56 Å². The average molecular weight is 461 g/mol. The maximum atomic E-state index is 11.5. The molecule has 0 radical (unpaired) electrons. The van der Waals surface area contributed by atoms with E-state index >= 15 is 0 Å². The van der Waals surface area contributed by atoms with E-state index in [1.54, 1.807) is 6.20 Å². The molecule has 176 valence electrons. The van der Waals surface area contributed by atoms with Crippen molar-refractivity contribution in [3.05, 3.63) is 54.2 Å². The van der Waals surface area contributed by atoms with E-state index < -0.39 is 6.09 Å². The zero-order valence-electron chi connectivity index (χ0n) is 18.8. The molecule has 4 N–H and O–H groups in total. The van der Waals surface area contributed by atoms with Crippen LogP contribution < -0.4 is 11.1 Å². The minimum atomic E-state index is -0.738. The number of aromatic amines is 1. The average Bonchev–Trinajstić information content (AvgIpc) is 3.56. The summed E-state index contributed by atoms with van der Waals surface area (Å²) in [6.45, 7) is 4.36. The number of pyridine rings is 1. The van der Waals surface area contributed by atoms with E-state index in [4.69, 9.17) is 20.2 Å². The molecule has 1 aromatic carbocycles. The largest absolute Gasteiger partial charge is 0.444 e. The fourth-order valence-corrected chi connectivity index (χ4v) is 5.44. The standard InChI is InChI=1S/C25H28N6O3/c26-25(32)34-22-17-5-4-16(13-17)20(22)28-19-6-7-27-24-21(19)29-23(30-24)18-3-1-2-15(12-18)14-31-8-10-33-11-9-31/h1-7,12,16-17,20,22H,8-11,13-14H2,(H2,26,32)(H2,27,28,29,30)/t16-,17+,20+,22-/m0/s1. The highest BCUT2D eigenvalue weighted by molar-refractivity contribution is 5.88. The van der Waals surface area contributed by atoms with Crippen molar-refractivity contribution in [2.45, 2.75) is 25.1 Å². The molecule has 0 unspecified atom stereocenters. The highest BCUT2D eigenvalue weighted by atomic mass is 16.6. The highest BCUT2D eigenvalue weighted by Gasteiger charge is 2.47. The summed E-state index contributed by atoms with van der Waals surface area (Å²) in [5.74, 6) is 1.26. The smallest absolute Gasteiger partial charge is 0.404 e. The van der Waals surface area contributed by atoms with Crippen LogP contribution in [0, 0.1) is 11.8 Å². The maximum absolute atomic E-state index is 11.5. The van der Waals surface area contributed by atoms with Gasteiger partial charge >= 0.3 is 6.09 Å². The fourth-order valence-electron chi connectivity index (χ4n) is 5.44. The Balaban J connectivity index is 1.26. The van der Waals surface area contributed by atoms with Crippen LogP contribution in [0.15, 0.2) is 48.7 Å². The van der Waals surface area contributed by atoms with Crippen LogP contribution in [0.3, 0.4) is 0 Å². The molecule has 4 atom stereocenters. The van der Waals surface area contributed by atoms with Gasteiger partial charge in [-0.3, -0.25) is 4.90 Å². The highest BCUT2D eigenvalue weighted by Crippen LogP contribution is 2.43. The lowest BCUT2D eigenvalue weighted by Gasteiger charge is -2.28. The normalized spacial score (nSPS) is 26.2. The Labute approximate surface area is 197 Å². The molecule has 2 aliphatic carbocycles. The predicted octanol–water partition coefficient (Wildman–Crippen LogP) is 2.91. The Kier molecular flexibility index (Phi) is 5.43. The van der Waals surface area contributed by atoms with E-state index in [-0.39, 0.29) is 24.0 Å². The molecule has 1 saturated carbocycles. The first-order valence-corrected chi connectivity index (χ1v) is 11.8. The van der Waals surface area contributed by atoms with E-state index in [9.17, 15) is 4.79 Å². The minimum absolute atomic E-state index is 0.0447. The van der Waals surface area contributed by atoms with Gasteiger partial charge in [-0.25, -0.2) is 14.8 Å². The first-order valence-electron chi connectivity index (χ1n) is 11.8. The summed E-state index contributed by atoms with van der Waals surface area (Å²) in [6.07, 6.45) is 6.00. The second-order valence-electron chi connectivity index (χ2n) is 9.25. The summed E-state index contributed by atoms with van der Waals surface area (Å²) in [4.78, 5) is 26.6. The lowest BCUT2D eigenvalue weighted by molar-refractivity contribution is 0.0342. The van der Waals surface area contributed by atoms with Crippen LogP contribution in [0.4, 0.5) is 10.5 Å². The number of H-pyrrole nitrogens is 1. The van der Waals surface area contributed by atoms with Gasteiger partial charge in [0.1, 0.15) is 17.4 Å². The molecule has 1 aliphatic heterocycles. The molecule has 3 heterocycles. The van der Waals surface area contributed by atoms with Crippen molar-refractivity contribution in [1.29, 1.82) is 0 Å². The number of anilines is 1. The zero-order valence-corrected chi connectivity index (χ0v) is 18.8. The molecule has 2 bridgehead atoms. The number of hydrogen-bond acceptors (Lipinski definition) is 7. The van der Waals surface area contributed by atoms with Gasteiger partial charge in [0.05, 0.1) is 24.9 Å². The number of ether oxygens (including phenoxy) is 2. The van der Waals surface area contributed by atoms with Crippen LogP contribution in [0.1, 0.15) is 12.0 Å². The third kappa shape index (κ3) is 4.01. The molecule has 9 nitrogen and oxygen atoms in total. The van der Waals surface area contributed by atoms with Crippen molar-refractivity contribution < 1.29 is 14.3 Å². The molecule has 3 aliphatic rings. The number of carbonyl (C=O) groups is 1. The zero-order chi connectivity index (χ0) is 23.1. The summed E-state index contributed by atoms with van der Waals surface area (Å²) >= 11 is 0. The molecule has 2 fully saturated rings. The Morgan fingerprint density at radius 1 is 1.24 bits per heavy atom. The second-order valence-corrected chi connectivity index (χ2v) is 9.25. The van der Waals surface area contributed by atoms with Crippen LogP contribution >= 0.6 is 0 Å². The number of nitrogens with two attached hydrogens (primary N) is 1. The van der Waals surface area contributed by atoms with Gasteiger partial charge in [-0.05, 0) is 24.1 Å². The first kappa shape index (κ1) is 21.1.